The molecule has 1 aromatic carbocycles. The first-order valence-corrected chi connectivity index (χ1v) is 12.6. The quantitative estimate of drug-likeness (QED) is 0.505. The van der Waals surface area contributed by atoms with Gasteiger partial charge in [0.1, 0.15) is 10.8 Å². The van der Waals surface area contributed by atoms with Crippen LogP contribution in [0.15, 0.2) is 48.7 Å². The van der Waals surface area contributed by atoms with Gasteiger partial charge in [-0.15, -0.1) is 0 Å². The molecule has 1 aliphatic heterocycles. The molecule has 2 unspecified atom stereocenters. The van der Waals surface area contributed by atoms with E-state index < -0.39 is 11.7 Å². The van der Waals surface area contributed by atoms with Crippen LogP contribution in [0.2, 0.25) is 5.15 Å². The van der Waals surface area contributed by atoms with Crippen LogP contribution in [0.3, 0.4) is 0 Å². The van der Waals surface area contributed by atoms with E-state index in [2.05, 4.69) is 17.1 Å². The van der Waals surface area contributed by atoms with Crippen LogP contribution in [0.5, 0.6) is 0 Å². The summed E-state index contributed by atoms with van der Waals surface area (Å²) in [4.78, 5) is 32.6. The molecule has 1 saturated carbocycles. The first kappa shape index (κ1) is 25.3. The highest BCUT2D eigenvalue weighted by Crippen LogP contribution is 2.47. The molecule has 2 atom stereocenters. The summed E-state index contributed by atoms with van der Waals surface area (Å²) in [7, 11) is 0. The van der Waals surface area contributed by atoms with Gasteiger partial charge in [-0.2, -0.15) is 0 Å². The van der Waals surface area contributed by atoms with E-state index in [9.17, 15) is 14.7 Å². The molecule has 2 aliphatic rings. The number of carboxylic acid groups (broad SMARTS) is 1. The Kier molecular flexibility index (Phi) is 7.27. The molecule has 7 nitrogen and oxygen atoms in total. The normalized spacial score (nSPS) is 21.3. The third kappa shape index (κ3) is 6.45. The molecule has 2 aromatic rings. The molecule has 0 spiro atoms. The number of carbonyl (C=O) groups excluding carboxylic acids is 1. The monoisotopic (exact) mass is 499 g/mol. The summed E-state index contributed by atoms with van der Waals surface area (Å²) in [5.41, 5.74) is 1.33. The first-order valence-electron chi connectivity index (χ1n) is 12.2. The molecule has 2 amide bonds. The second-order valence-corrected chi connectivity index (χ2v) is 11.3. The van der Waals surface area contributed by atoms with Crippen molar-refractivity contribution >= 4 is 23.8 Å². The second-order valence-electron chi connectivity index (χ2n) is 10.9. The maximum Gasteiger partial charge on any atom is 0.410 e. The molecule has 0 bridgehead atoms. The highest BCUT2D eigenvalue weighted by Gasteiger charge is 2.48. The molecule has 35 heavy (non-hydrogen) atoms. The third-order valence-electron chi connectivity index (χ3n) is 6.98. The number of benzene rings is 1. The maximum atomic E-state index is 12.6. The van der Waals surface area contributed by atoms with E-state index in [1.807, 2.05) is 45.0 Å². The molecule has 2 fully saturated rings. The van der Waals surface area contributed by atoms with Crippen LogP contribution in [-0.2, 0) is 11.2 Å². The number of likely N-dealkylation sites (tertiary alicyclic amines) is 1. The largest absolute Gasteiger partial charge is 0.465 e. The standard InChI is InChI=1S/C27H34ClN3O4/c1-26(2,3)35-25(34)30-13-11-27(12-14-30,16-19-9-10-23(28)29-17-19)18-31(24(32)33)22-15-21(22)20-7-5-4-6-8-20/h4-10,17,21-22H,11-16,18H2,1-3H3,(H,32,33). The van der Waals surface area contributed by atoms with Gasteiger partial charge in [0.15, 0.2) is 0 Å². The van der Waals surface area contributed by atoms with Gasteiger partial charge in [-0.25, -0.2) is 14.6 Å². The van der Waals surface area contributed by atoms with E-state index in [0.717, 1.165) is 12.0 Å². The summed E-state index contributed by atoms with van der Waals surface area (Å²) in [5.74, 6) is 0.225. The van der Waals surface area contributed by atoms with Crippen LogP contribution in [0.1, 0.15) is 57.1 Å². The minimum Gasteiger partial charge on any atom is -0.465 e. The summed E-state index contributed by atoms with van der Waals surface area (Å²) in [6.07, 6.45) is 3.42. The number of rotatable bonds is 6. The zero-order valence-corrected chi connectivity index (χ0v) is 21.4. The van der Waals surface area contributed by atoms with Gasteiger partial charge in [0, 0.05) is 37.8 Å². The summed E-state index contributed by atoms with van der Waals surface area (Å²) < 4.78 is 5.57. The molecule has 2 heterocycles. The van der Waals surface area contributed by atoms with Crippen molar-refractivity contribution in [3.8, 4) is 0 Å². The Morgan fingerprint density at radius 1 is 1.17 bits per heavy atom. The van der Waals surface area contributed by atoms with Crippen molar-refractivity contribution < 1.29 is 19.4 Å². The Bertz CT molecular complexity index is 1030. The van der Waals surface area contributed by atoms with Gasteiger partial charge in [0.2, 0.25) is 0 Å². The molecule has 0 radical (unpaired) electrons. The topological polar surface area (TPSA) is 83.0 Å². The lowest BCUT2D eigenvalue weighted by Gasteiger charge is -2.44. The Morgan fingerprint density at radius 3 is 2.43 bits per heavy atom. The van der Waals surface area contributed by atoms with Crippen molar-refractivity contribution in [2.75, 3.05) is 19.6 Å². The predicted molar refractivity (Wildman–Crippen MR) is 135 cm³/mol. The van der Waals surface area contributed by atoms with Crippen LogP contribution < -0.4 is 0 Å². The number of aromatic nitrogens is 1. The number of carbonyl (C=O) groups is 2. The highest BCUT2D eigenvalue weighted by molar-refractivity contribution is 6.29. The summed E-state index contributed by atoms with van der Waals surface area (Å²) >= 11 is 5.99. The number of nitrogens with zero attached hydrogens (tertiary/aromatic N) is 3. The number of pyridine rings is 1. The van der Waals surface area contributed by atoms with Crippen molar-refractivity contribution in [1.29, 1.82) is 0 Å². The number of hydrogen-bond donors (Lipinski definition) is 1. The average Bonchev–Trinajstić information content (AvgIpc) is 3.59. The Balaban J connectivity index is 1.52. The van der Waals surface area contributed by atoms with Crippen LogP contribution >= 0.6 is 11.6 Å². The van der Waals surface area contributed by atoms with Crippen molar-refractivity contribution in [2.24, 2.45) is 5.41 Å². The average molecular weight is 500 g/mol. The maximum absolute atomic E-state index is 12.6. The molecule has 188 valence electrons. The highest BCUT2D eigenvalue weighted by atomic mass is 35.5. The van der Waals surface area contributed by atoms with Crippen molar-refractivity contribution in [2.45, 2.75) is 64.0 Å². The van der Waals surface area contributed by atoms with E-state index in [0.29, 0.717) is 44.0 Å². The van der Waals surface area contributed by atoms with Gasteiger partial charge in [0.05, 0.1) is 0 Å². The number of hydrogen-bond acceptors (Lipinski definition) is 4. The number of piperidine rings is 1. The van der Waals surface area contributed by atoms with Gasteiger partial charge in [-0.3, -0.25) is 0 Å². The zero-order chi connectivity index (χ0) is 25.2. The Labute approximate surface area is 212 Å². The lowest BCUT2D eigenvalue weighted by Crippen LogP contribution is -2.51. The van der Waals surface area contributed by atoms with E-state index in [1.54, 1.807) is 22.1 Å². The van der Waals surface area contributed by atoms with Crippen molar-refractivity contribution in [3.05, 3.63) is 64.9 Å². The zero-order valence-electron chi connectivity index (χ0n) is 20.6. The molecule has 8 heteroatoms. The van der Waals surface area contributed by atoms with Crippen molar-refractivity contribution in [1.82, 2.24) is 14.8 Å². The molecule has 1 aromatic heterocycles. The molecule has 1 saturated heterocycles. The lowest BCUT2D eigenvalue weighted by atomic mass is 9.73. The predicted octanol–water partition coefficient (Wildman–Crippen LogP) is 5.83. The van der Waals surface area contributed by atoms with Crippen LogP contribution in [0, 0.1) is 5.41 Å². The number of amides is 2. The second kappa shape index (κ2) is 10.1. The Hall–Kier alpha value is -2.80. The summed E-state index contributed by atoms with van der Waals surface area (Å²) in [6, 6.07) is 13.8. The fraction of sp³-hybridized carbons (Fsp3) is 0.519. The SMILES string of the molecule is CC(C)(C)OC(=O)N1CCC(Cc2ccc(Cl)nc2)(CN(C(=O)O)C2CC2c2ccccc2)CC1. The smallest absolute Gasteiger partial charge is 0.410 e. The van der Waals surface area contributed by atoms with E-state index in [1.165, 1.54) is 5.56 Å². The van der Waals surface area contributed by atoms with Crippen molar-refractivity contribution in [3.63, 3.8) is 0 Å². The first-order chi connectivity index (χ1) is 16.6. The lowest BCUT2D eigenvalue weighted by molar-refractivity contribution is 0.00417. The van der Waals surface area contributed by atoms with E-state index in [4.69, 9.17) is 16.3 Å². The van der Waals surface area contributed by atoms with E-state index >= 15 is 0 Å². The van der Waals surface area contributed by atoms with Crippen LogP contribution in [-0.4, -0.2) is 63.4 Å². The van der Waals surface area contributed by atoms with Gasteiger partial charge in [-0.1, -0.05) is 48.0 Å². The molecule has 1 aliphatic carbocycles. The summed E-state index contributed by atoms with van der Waals surface area (Å²) in [5, 5.41) is 10.6. The number of halogens is 1. The fourth-order valence-corrected chi connectivity index (χ4v) is 5.21. The molecular weight excluding hydrogens is 466 g/mol. The summed E-state index contributed by atoms with van der Waals surface area (Å²) in [6.45, 7) is 7.04. The minimum absolute atomic E-state index is 0.0287. The van der Waals surface area contributed by atoms with Gasteiger partial charge < -0.3 is 19.6 Å². The van der Waals surface area contributed by atoms with Gasteiger partial charge in [-0.05, 0) is 69.1 Å². The molecule has 1 N–H and O–H groups in total. The molecular formula is C27H34ClN3O4. The fourth-order valence-electron chi connectivity index (χ4n) is 5.10. The van der Waals surface area contributed by atoms with Gasteiger partial charge in [0.25, 0.3) is 0 Å². The number of ether oxygens (including phenoxy) is 1. The van der Waals surface area contributed by atoms with Crippen LogP contribution in [0.4, 0.5) is 9.59 Å². The third-order valence-corrected chi connectivity index (χ3v) is 7.20. The Morgan fingerprint density at radius 2 is 1.86 bits per heavy atom. The minimum atomic E-state index is -0.892. The van der Waals surface area contributed by atoms with Crippen LogP contribution in [0.25, 0.3) is 0 Å². The van der Waals surface area contributed by atoms with E-state index in [-0.39, 0.29) is 23.5 Å². The van der Waals surface area contributed by atoms with Gasteiger partial charge >= 0.3 is 12.2 Å². The molecule has 4 rings (SSSR count).